The summed E-state index contributed by atoms with van der Waals surface area (Å²) in [7, 11) is 0. The van der Waals surface area contributed by atoms with Crippen LogP contribution in [0.1, 0.15) is 53.9 Å². The molecular weight excluding hydrogens is 370 g/mol. The summed E-state index contributed by atoms with van der Waals surface area (Å²) in [5, 5.41) is 3.11. The topological polar surface area (TPSA) is 71.1 Å². The molecule has 0 spiro atoms. The molecule has 2 fully saturated rings. The number of piperidine rings is 1. The van der Waals surface area contributed by atoms with Crippen molar-refractivity contribution in [1.29, 1.82) is 0 Å². The molecule has 0 aliphatic carbocycles. The van der Waals surface area contributed by atoms with Crippen LogP contribution in [-0.4, -0.2) is 79.9 Å². The molecule has 2 aliphatic heterocycles. The van der Waals surface area contributed by atoms with Crippen molar-refractivity contribution in [3.63, 3.8) is 0 Å². The minimum absolute atomic E-state index is 0.140. The smallest absolute Gasteiger partial charge is 0.410 e. The second-order valence-electron chi connectivity index (χ2n) is 9.81. The van der Waals surface area contributed by atoms with Crippen molar-refractivity contribution in [3.8, 4) is 0 Å². The number of ether oxygens (including phenoxy) is 2. The third-order valence-corrected chi connectivity index (χ3v) is 5.82. The molecule has 1 N–H and O–H groups in total. The Balaban J connectivity index is 1.63. The predicted octanol–water partition coefficient (Wildman–Crippen LogP) is 2.74. The Bertz CT molecular complexity index is 521. The maximum atomic E-state index is 12.4. The van der Waals surface area contributed by atoms with Crippen LogP contribution in [0.15, 0.2) is 0 Å². The third kappa shape index (κ3) is 8.91. The Morgan fingerprint density at radius 2 is 1.72 bits per heavy atom. The van der Waals surface area contributed by atoms with Crippen LogP contribution in [0, 0.1) is 17.8 Å². The summed E-state index contributed by atoms with van der Waals surface area (Å²) in [6.07, 6.45) is 2.19. The summed E-state index contributed by atoms with van der Waals surface area (Å²) in [4.78, 5) is 28.8. The molecule has 29 heavy (non-hydrogen) atoms. The Hall–Kier alpha value is -1.34. The lowest BCUT2D eigenvalue weighted by atomic mass is 9.83. The molecule has 0 radical (unpaired) electrons. The quantitative estimate of drug-likeness (QED) is 0.697. The fourth-order valence-electron chi connectivity index (χ4n) is 4.09. The normalized spacial score (nSPS) is 21.5. The Kier molecular flexibility index (Phi) is 9.21. The third-order valence-electron chi connectivity index (χ3n) is 5.82. The highest BCUT2D eigenvalue weighted by molar-refractivity contribution is 5.76. The van der Waals surface area contributed by atoms with Crippen molar-refractivity contribution < 1.29 is 19.1 Å². The van der Waals surface area contributed by atoms with E-state index in [-0.39, 0.29) is 12.0 Å². The van der Waals surface area contributed by atoms with Gasteiger partial charge in [0, 0.05) is 45.7 Å². The van der Waals surface area contributed by atoms with Crippen LogP contribution >= 0.6 is 0 Å². The first-order chi connectivity index (χ1) is 13.6. The second-order valence-corrected chi connectivity index (χ2v) is 9.81. The summed E-state index contributed by atoms with van der Waals surface area (Å²) in [6, 6.07) is 0. The van der Waals surface area contributed by atoms with Crippen LogP contribution in [0.2, 0.25) is 0 Å². The number of carbonyl (C=O) groups is 2. The molecule has 2 saturated heterocycles. The van der Waals surface area contributed by atoms with E-state index >= 15 is 0 Å². The van der Waals surface area contributed by atoms with Crippen LogP contribution in [-0.2, 0) is 14.3 Å². The summed E-state index contributed by atoms with van der Waals surface area (Å²) < 4.78 is 10.8. The van der Waals surface area contributed by atoms with Crippen molar-refractivity contribution >= 4 is 12.0 Å². The van der Waals surface area contributed by atoms with Gasteiger partial charge in [0.05, 0.1) is 13.2 Å². The lowest BCUT2D eigenvalue weighted by molar-refractivity contribution is -0.122. The van der Waals surface area contributed by atoms with Crippen molar-refractivity contribution in [2.24, 2.45) is 17.8 Å². The predicted molar refractivity (Wildman–Crippen MR) is 114 cm³/mol. The fraction of sp³-hybridized carbons (Fsp3) is 0.909. The number of morpholine rings is 1. The number of hydrogen-bond donors (Lipinski definition) is 1. The molecule has 0 aromatic heterocycles. The molecule has 0 unspecified atom stereocenters. The first kappa shape index (κ1) is 23.9. The monoisotopic (exact) mass is 411 g/mol. The first-order valence-corrected chi connectivity index (χ1v) is 11.2. The van der Waals surface area contributed by atoms with Gasteiger partial charge in [-0.15, -0.1) is 0 Å². The van der Waals surface area contributed by atoms with Gasteiger partial charge in [0.1, 0.15) is 5.60 Å². The minimum Gasteiger partial charge on any atom is -0.444 e. The zero-order valence-corrected chi connectivity index (χ0v) is 19.0. The maximum Gasteiger partial charge on any atom is 0.410 e. The fourth-order valence-corrected chi connectivity index (χ4v) is 4.09. The van der Waals surface area contributed by atoms with Crippen molar-refractivity contribution in [2.45, 2.75) is 59.5 Å². The highest BCUT2D eigenvalue weighted by Gasteiger charge is 2.29. The van der Waals surface area contributed by atoms with Gasteiger partial charge in [-0.2, -0.15) is 0 Å². The van der Waals surface area contributed by atoms with Crippen molar-refractivity contribution in [3.05, 3.63) is 0 Å². The summed E-state index contributed by atoms with van der Waals surface area (Å²) in [5.74, 6) is 1.38. The molecule has 2 rings (SSSR count). The van der Waals surface area contributed by atoms with Crippen molar-refractivity contribution in [1.82, 2.24) is 15.1 Å². The zero-order valence-electron chi connectivity index (χ0n) is 19.0. The van der Waals surface area contributed by atoms with E-state index in [0.717, 1.165) is 52.2 Å². The van der Waals surface area contributed by atoms with Gasteiger partial charge in [0.15, 0.2) is 0 Å². The molecule has 2 aliphatic rings. The Morgan fingerprint density at radius 1 is 1.10 bits per heavy atom. The average Bonchev–Trinajstić information content (AvgIpc) is 2.66. The maximum absolute atomic E-state index is 12.4. The van der Waals surface area contributed by atoms with E-state index in [1.807, 2.05) is 20.8 Å². The van der Waals surface area contributed by atoms with Gasteiger partial charge >= 0.3 is 6.09 Å². The average molecular weight is 412 g/mol. The molecule has 2 atom stereocenters. The summed E-state index contributed by atoms with van der Waals surface area (Å²) in [5.41, 5.74) is -0.460. The molecule has 2 amide bonds. The SMILES string of the molecule is C[C@@H](CNC(=O)C[C@H](C)C1CCN(C(=O)OC(C)(C)C)CC1)CN1CCOCC1. The van der Waals surface area contributed by atoms with Gasteiger partial charge in [-0.1, -0.05) is 13.8 Å². The van der Waals surface area contributed by atoms with Gasteiger partial charge in [0.25, 0.3) is 0 Å². The van der Waals surface area contributed by atoms with E-state index in [2.05, 4.69) is 24.1 Å². The van der Waals surface area contributed by atoms with E-state index in [9.17, 15) is 9.59 Å². The van der Waals surface area contributed by atoms with Gasteiger partial charge in [-0.25, -0.2) is 4.79 Å². The zero-order chi connectivity index (χ0) is 21.4. The summed E-state index contributed by atoms with van der Waals surface area (Å²) in [6.45, 7) is 16.7. The summed E-state index contributed by atoms with van der Waals surface area (Å²) >= 11 is 0. The van der Waals surface area contributed by atoms with Gasteiger partial charge in [-0.05, 0) is 51.4 Å². The second kappa shape index (κ2) is 11.2. The van der Waals surface area contributed by atoms with Crippen molar-refractivity contribution in [2.75, 3.05) is 52.5 Å². The lowest BCUT2D eigenvalue weighted by Gasteiger charge is -2.35. The number of nitrogens with zero attached hydrogens (tertiary/aromatic N) is 2. The van der Waals surface area contributed by atoms with E-state index in [4.69, 9.17) is 9.47 Å². The minimum atomic E-state index is -0.460. The molecule has 168 valence electrons. The van der Waals surface area contributed by atoms with E-state index in [1.165, 1.54) is 0 Å². The molecule has 2 heterocycles. The van der Waals surface area contributed by atoms with Gasteiger partial charge in [0.2, 0.25) is 5.91 Å². The molecule has 7 nitrogen and oxygen atoms in total. The largest absolute Gasteiger partial charge is 0.444 e. The molecule has 0 bridgehead atoms. The highest BCUT2D eigenvalue weighted by atomic mass is 16.6. The number of nitrogens with one attached hydrogen (secondary N) is 1. The van der Waals surface area contributed by atoms with E-state index < -0.39 is 5.60 Å². The highest BCUT2D eigenvalue weighted by Crippen LogP contribution is 2.28. The molecule has 7 heteroatoms. The number of rotatable bonds is 7. The molecule has 0 aromatic carbocycles. The van der Waals surface area contributed by atoms with E-state index in [1.54, 1.807) is 4.90 Å². The lowest BCUT2D eigenvalue weighted by Crippen LogP contribution is -2.43. The van der Waals surface area contributed by atoms with Gasteiger partial charge in [-0.3, -0.25) is 9.69 Å². The van der Waals surface area contributed by atoms with Crippen LogP contribution in [0.5, 0.6) is 0 Å². The Morgan fingerprint density at radius 3 is 2.31 bits per heavy atom. The van der Waals surface area contributed by atoms with Crippen LogP contribution in [0.4, 0.5) is 4.79 Å². The van der Waals surface area contributed by atoms with Crippen LogP contribution in [0.25, 0.3) is 0 Å². The molecular formula is C22H41N3O4. The molecule has 0 aromatic rings. The first-order valence-electron chi connectivity index (χ1n) is 11.2. The Labute approximate surface area is 176 Å². The number of hydrogen-bond acceptors (Lipinski definition) is 5. The molecule has 0 saturated carbocycles. The van der Waals surface area contributed by atoms with Gasteiger partial charge < -0.3 is 19.7 Å². The standard InChI is InChI=1S/C22H41N3O4/c1-17(16-24-10-12-28-13-11-24)15-23-20(26)14-18(2)19-6-8-25(9-7-19)21(27)29-22(3,4)5/h17-19H,6-16H2,1-5H3,(H,23,26)/t17-,18-/m0/s1. The number of likely N-dealkylation sites (tertiary alicyclic amines) is 1. The van der Waals surface area contributed by atoms with E-state index in [0.29, 0.717) is 37.3 Å². The van der Waals surface area contributed by atoms with Crippen LogP contribution < -0.4 is 5.32 Å². The number of carbonyl (C=O) groups excluding carboxylic acids is 2. The van der Waals surface area contributed by atoms with Crippen LogP contribution in [0.3, 0.4) is 0 Å². The number of amides is 2.